The van der Waals surface area contributed by atoms with Crippen molar-refractivity contribution in [3.05, 3.63) is 36.8 Å². The lowest BCUT2D eigenvalue weighted by molar-refractivity contribution is 0.623. The fourth-order valence-corrected chi connectivity index (χ4v) is 1.98. The Labute approximate surface area is 93.6 Å². The average Bonchev–Trinajstić information content (AvgIpc) is 3.03. The molecule has 0 bridgehead atoms. The average molecular weight is 215 g/mol. The van der Waals surface area contributed by atoms with Gasteiger partial charge in [0.25, 0.3) is 0 Å². The van der Waals surface area contributed by atoms with Gasteiger partial charge in [0.1, 0.15) is 6.33 Å². The molecule has 2 aromatic rings. The van der Waals surface area contributed by atoms with Crippen molar-refractivity contribution in [1.29, 1.82) is 0 Å². The zero-order valence-corrected chi connectivity index (χ0v) is 8.87. The van der Waals surface area contributed by atoms with Crippen LogP contribution in [0, 0.1) is 0 Å². The van der Waals surface area contributed by atoms with E-state index in [2.05, 4.69) is 20.3 Å². The standard InChI is InChI=1S/C11H13N5/c1-2-9(13-3-1)10-6-15-11(7-14-10)16-5-4-12-8-16/h4-9,13H,1-3H2/t9-/m1/s1. The Kier molecular flexibility index (Phi) is 2.38. The Morgan fingerprint density at radius 2 is 2.31 bits per heavy atom. The van der Waals surface area contributed by atoms with Gasteiger partial charge in [-0.05, 0) is 19.4 Å². The van der Waals surface area contributed by atoms with Gasteiger partial charge in [-0.2, -0.15) is 0 Å². The van der Waals surface area contributed by atoms with Crippen molar-refractivity contribution in [2.75, 3.05) is 6.54 Å². The Hall–Kier alpha value is -1.75. The zero-order valence-electron chi connectivity index (χ0n) is 8.87. The van der Waals surface area contributed by atoms with Crippen molar-refractivity contribution in [3.63, 3.8) is 0 Å². The topological polar surface area (TPSA) is 55.6 Å². The molecule has 0 spiro atoms. The van der Waals surface area contributed by atoms with E-state index in [1.165, 1.54) is 6.42 Å². The van der Waals surface area contributed by atoms with Crippen LogP contribution < -0.4 is 5.32 Å². The van der Waals surface area contributed by atoms with Crippen LogP contribution in [0.25, 0.3) is 5.82 Å². The number of nitrogens with one attached hydrogen (secondary N) is 1. The molecule has 3 rings (SSSR count). The normalized spacial score (nSPS) is 20.1. The molecule has 82 valence electrons. The Morgan fingerprint density at radius 3 is 2.94 bits per heavy atom. The molecule has 0 radical (unpaired) electrons. The van der Waals surface area contributed by atoms with Crippen LogP contribution in [0.4, 0.5) is 0 Å². The monoisotopic (exact) mass is 215 g/mol. The van der Waals surface area contributed by atoms with Crippen molar-refractivity contribution in [3.8, 4) is 5.82 Å². The molecule has 2 aromatic heterocycles. The molecule has 0 amide bonds. The lowest BCUT2D eigenvalue weighted by atomic mass is 10.2. The first-order valence-corrected chi connectivity index (χ1v) is 5.47. The first-order chi connectivity index (χ1) is 7.93. The number of hydrogen-bond acceptors (Lipinski definition) is 4. The summed E-state index contributed by atoms with van der Waals surface area (Å²) in [5.41, 5.74) is 1.03. The van der Waals surface area contributed by atoms with Crippen molar-refractivity contribution < 1.29 is 0 Å². The van der Waals surface area contributed by atoms with Crippen molar-refractivity contribution in [1.82, 2.24) is 24.8 Å². The summed E-state index contributed by atoms with van der Waals surface area (Å²) in [6.45, 7) is 1.08. The molecule has 5 heteroatoms. The van der Waals surface area contributed by atoms with Gasteiger partial charge < -0.3 is 5.32 Å². The first-order valence-electron chi connectivity index (χ1n) is 5.47. The summed E-state index contributed by atoms with van der Waals surface area (Å²) in [7, 11) is 0. The van der Waals surface area contributed by atoms with E-state index >= 15 is 0 Å². The van der Waals surface area contributed by atoms with Crippen LogP contribution in [0.3, 0.4) is 0 Å². The van der Waals surface area contributed by atoms with Crippen LogP contribution in [0.5, 0.6) is 0 Å². The van der Waals surface area contributed by atoms with Crippen LogP contribution in [-0.4, -0.2) is 26.1 Å². The van der Waals surface area contributed by atoms with E-state index in [4.69, 9.17) is 0 Å². The molecule has 3 heterocycles. The van der Waals surface area contributed by atoms with Gasteiger partial charge in [0.05, 0.1) is 24.1 Å². The summed E-state index contributed by atoms with van der Waals surface area (Å²) < 4.78 is 1.85. The van der Waals surface area contributed by atoms with Crippen LogP contribution in [0.2, 0.25) is 0 Å². The molecular formula is C11H13N5. The van der Waals surface area contributed by atoms with Crippen molar-refractivity contribution in [2.45, 2.75) is 18.9 Å². The van der Waals surface area contributed by atoms with E-state index in [1.54, 1.807) is 18.7 Å². The maximum Gasteiger partial charge on any atom is 0.156 e. The summed E-state index contributed by atoms with van der Waals surface area (Å²) in [6.07, 6.45) is 11.3. The summed E-state index contributed by atoms with van der Waals surface area (Å²) >= 11 is 0. The SMILES string of the molecule is c1cn(-c2cnc([C@H]3CCCN3)cn2)cn1. The Morgan fingerprint density at radius 1 is 1.31 bits per heavy atom. The summed E-state index contributed by atoms with van der Waals surface area (Å²) in [5.74, 6) is 0.805. The van der Waals surface area contributed by atoms with E-state index in [9.17, 15) is 0 Å². The molecular weight excluding hydrogens is 202 g/mol. The van der Waals surface area contributed by atoms with E-state index < -0.39 is 0 Å². The fourth-order valence-electron chi connectivity index (χ4n) is 1.98. The molecule has 0 aliphatic carbocycles. The zero-order chi connectivity index (χ0) is 10.8. The largest absolute Gasteiger partial charge is 0.309 e. The van der Waals surface area contributed by atoms with Gasteiger partial charge in [-0.1, -0.05) is 0 Å². The smallest absolute Gasteiger partial charge is 0.156 e. The van der Waals surface area contributed by atoms with Gasteiger partial charge in [0.2, 0.25) is 0 Å². The van der Waals surface area contributed by atoms with Crippen molar-refractivity contribution in [2.24, 2.45) is 0 Å². The molecule has 0 unspecified atom stereocenters. The highest BCUT2D eigenvalue weighted by atomic mass is 15.1. The molecule has 1 atom stereocenters. The highest BCUT2D eigenvalue weighted by Gasteiger charge is 2.17. The molecule has 1 aliphatic heterocycles. The third-order valence-electron chi connectivity index (χ3n) is 2.84. The van der Waals surface area contributed by atoms with E-state index in [1.807, 2.05) is 17.0 Å². The lowest BCUT2D eigenvalue weighted by Gasteiger charge is -2.09. The predicted octanol–water partition coefficient (Wildman–Crippen LogP) is 1.09. The minimum Gasteiger partial charge on any atom is -0.309 e. The second-order valence-corrected chi connectivity index (χ2v) is 3.92. The van der Waals surface area contributed by atoms with Gasteiger partial charge in [-0.3, -0.25) is 9.55 Å². The predicted molar refractivity (Wildman–Crippen MR) is 59.1 cm³/mol. The molecule has 0 aromatic carbocycles. The summed E-state index contributed by atoms with van der Waals surface area (Å²) in [6, 6.07) is 0.379. The number of rotatable bonds is 2. The van der Waals surface area contributed by atoms with E-state index in [-0.39, 0.29) is 0 Å². The Bertz CT molecular complexity index is 442. The third kappa shape index (κ3) is 1.69. The van der Waals surface area contributed by atoms with Gasteiger partial charge >= 0.3 is 0 Å². The number of aromatic nitrogens is 4. The quantitative estimate of drug-likeness (QED) is 0.814. The maximum atomic E-state index is 4.44. The summed E-state index contributed by atoms with van der Waals surface area (Å²) in [4.78, 5) is 12.8. The lowest BCUT2D eigenvalue weighted by Crippen LogP contribution is -2.14. The fraction of sp³-hybridized carbons (Fsp3) is 0.364. The number of hydrogen-bond donors (Lipinski definition) is 1. The highest BCUT2D eigenvalue weighted by molar-refractivity contribution is 5.19. The van der Waals surface area contributed by atoms with Gasteiger partial charge in [-0.15, -0.1) is 0 Å². The Balaban J connectivity index is 1.84. The van der Waals surface area contributed by atoms with E-state index in [0.29, 0.717) is 6.04 Å². The minimum absolute atomic E-state index is 0.379. The molecule has 1 N–H and O–H groups in total. The summed E-state index contributed by atoms with van der Waals surface area (Å²) in [5, 5.41) is 3.41. The third-order valence-corrected chi connectivity index (χ3v) is 2.84. The number of imidazole rings is 1. The second-order valence-electron chi connectivity index (χ2n) is 3.92. The minimum atomic E-state index is 0.379. The van der Waals surface area contributed by atoms with Gasteiger partial charge in [-0.25, -0.2) is 9.97 Å². The molecule has 1 aliphatic rings. The molecule has 16 heavy (non-hydrogen) atoms. The molecule has 1 saturated heterocycles. The van der Waals surface area contributed by atoms with Gasteiger partial charge in [0, 0.05) is 12.4 Å². The molecule has 1 fully saturated rings. The number of nitrogens with zero attached hydrogens (tertiary/aromatic N) is 4. The van der Waals surface area contributed by atoms with Gasteiger partial charge in [0.15, 0.2) is 5.82 Å². The second kappa shape index (κ2) is 4.02. The van der Waals surface area contributed by atoms with Crippen LogP contribution >= 0.6 is 0 Å². The maximum absolute atomic E-state index is 4.44. The molecule has 5 nitrogen and oxygen atoms in total. The van der Waals surface area contributed by atoms with Crippen LogP contribution in [0.15, 0.2) is 31.1 Å². The van der Waals surface area contributed by atoms with Crippen LogP contribution in [-0.2, 0) is 0 Å². The first kappa shape index (κ1) is 9.47. The van der Waals surface area contributed by atoms with Crippen molar-refractivity contribution >= 4 is 0 Å². The molecule has 0 saturated carbocycles. The van der Waals surface area contributed by atoms with Crippen LogP contribution in [0.1, 0.15) is 24.6 Å². The van der Waals surface area contributed by atoms with E-state index in [0.717, 1.165) is 24.5 Å². The highest BCUT2D eigenvalue weighted by Crippen LogP contribution is 2.20.